The van der Waals surface area contributed by atoms with Crippen molar-refractivity contribution in [2.45, 2.75) is 45.1 Å². The maximum Gasteiger partial charge on any atom is 0.273 e. The van der Waals surface area contributed by atoms with Crippen molar-refractivity contribution in [3.63, 3.8) is 0 Å². The normalized spacial score (nSPS) is 17.3. The zero-order chi connectivity index (χ0) is 16.4. The van der Waals surface area contributed by atoms with E-state index in [-0.39, 0.29) is 30.3 Å². The first kappa shape index (κ1) is 18.8. The lowest BCUT2D eigenvalue weighted by molar-refractivity contribution is 0.0723. The van der Waals surface area contributed by atoms with Crippen LogP contribution in [0.4, 0.5) is 0 Å². The molecule has 7 nitrogen and oxygen atoms in total. The van der Waals surface area contributed by atoms with Gasteiger partial charge in [-0.2, -0.15) is 4.98 Å². The molecule has 3 rings (SSSR count). The van der Waals surface area contributed by atoms with E-state index in [0.29, 0.717) is 36.9 Å². The van der Waals surface area contributed by atoms with Gasteiger partial charge in [-0.15, -0.1) is 23.7 Å². The highest BCUT2D eigenvalue weighted by molar-refractivity contribution is 7.09. The lowest BCUT2D eigenvalue weighted by atomic mass is 10.2. The van der Waals surface area contributed by atoms with Gasteiger partial charge in [-0.25, -0.2) is 4.98 Å². The fourth-order valence-electron chi connectivity index (χ4n) is 2.69. The summed E-state index contributed by atoms with van der Waals surface area (Å²) in [6, 6.07) is -0.126. The summed E-state index contributed by atoms with van der Waals surface area (Å²) < 4.78 is 5.28. The Labute approximate surface area is 151 Å². The number of nitrogens with zero attached hydrogens (tertiary/aromatic N) is 4. The molecule has 9 heteroatoms. The van der Waals surface area contributed by atoms with Gasteiger partial charge >= 0.3 is 0 Å². The van der Waals surface area contributed by atoms with Crippen LogP contribution < -0.4 is 5.73 Å². The molecule has 0 saturated carbocycles. The third kappa shape index (κ3) is 3.76. The number of aromatic nitrogens is 3. The Kier molecular flexibility index (Phi) is 6.31. The zero-order valence-corrected chi connectivity index (χ0v) is 15.4. The topological polar surface area (TPSA) is 98.1 Å². The molecule has 1 saturated heterocycles. The highest BCUT2D eigenvalue weighted by Crippen LogP contribution is 2.32. The van der Waals surface area contributed by atoms with Crippen molar-refractivity contribution in [2.24, 2.45) is 5.73 Å². The van der Waals surface area contributed by atoms with Crippen LogP contribution in [0.5, 0.6) is 0 Å². The van der Waals surface area contributed by atoms with Crippen LogP contribution in [-0.4, -0.2) is 39.0 Å². The van der Waals surface area contributed by atoms with Crippen LogP contribution in [-0.2, 0) is 6.42 Å². The lowest BCUT2D eigenvalue weighted by Gasteiger charge is -2.21. The van der Waals surface area contributed by atoms with Gasteiger partial charge in [0, 0.05) is 24.3 Å². The third-order valence-electron chi connectivity index (χ3n) is 3.89. The molecule has 132 valence electrons. The van der Waals surface area contributed by atoms with Crippen LogP contribution in [0.2, 0.25) is 0 Å². The average molecular weight is 372 g/mol. The molecule has 0 aliphatic carbocycles. The number of thiazole rings is 1. The van der Waals surface area contributed by atoms with E-state index in [4.69, 9.17) is 10.3 Å². The maximum absolute atomic E-state index is 12.7. The van der Waals surface area contributed by atoms with Gasteiger partial charge in [0.1, 0.15) is 5.69 Å². The summed E-state index contributed by atoms with van der Waals surface area (Å²) in [6.07, 6.45) is 2.48. The number of nitrogens with two attached hydrogens (primary N) is 1. The first-order valence-electron chi connectivity index (χ1n) is 7.89. The molecule has 0 aromatic carbocycles. The van der Waals surface area contributed by atoms with Gasteiger partial charge < -0.3 is 15.2 Å². The van der Waals surface area contributed by atoms with Crippen LogP contribution in [0.1, 0.15) is 65.9 Å². The number of rotatable bonds is 5. The van der Waals surface area contributed by atoms with E-state index in [1.165, 1.54) is 11.3 Å². The molecule has 1 amide bonds. The number of amides is 1. The van der Waals surface area contributed by atoms with Gasteiger partial charge in [0.2, 0.25) is 5.89 Å². The molecular formula is C15H22ClN5O2S. The summed E-state index contributed by atoms with van der Waals surface area (Å²) in [7, 11) is 0. The molecule has 1 unspecified atom stereocenters. The summed E-state index contributed by atoms with van der Waals surface area (Å²) in [6.45, 7) is 5.24. The highest BCUT2D eigenvalue weighted by Gasteiger charge is 2.35. The second-order valence-electron chi connectivity index (χ2n) is 5.97. The standard InChI is InChI=1S/C15H21N5O2S.ClH/c1-9(2)14-18-13(19-22-14)11-4-3-7-20(11)15(21)10-8-23-12(17-10)5-6-16;/h8-9,11H,3-7,16H2,1-2H3;1H. The third-order valence-corrected chi connectivity index (χ3v) is 4.80. The highest BCUT2D eigenvalue weighted by atomic mass is 35.5. The van der Waals surface area contributed by atoms with Crippen molar-refractivity contribution in [3.8, 4) is 0 Å². The number of likely N-dealkylation sites (tertiary alicyclic amines) is 1. The number of halogens is 1. The van der Waals surface area contributed by atoms with Gasteiger partial charge in [0.25, 0.3) is 5.91 Å². The molecule has 2 aromatic heterocycles. The van der Waals surface area contributed by atoms with Crippen LogP contribution in [0.3, 0.4) is 0 Å². The summed E-state index contributed by atoms with van der Waals surface area (Å²) in [5, 5.41) is 6.77. The van der Waals surface area contributed by atoms with E-state index in [0.717, 1.165) is 17.8 Å². The van der Waals surface area contributed by atoms with Gasteiger partial charge in [0.05, 0.1) is 11.0 Å². The monoisotopic (exact) mass is 371 g/mol. The number of carbonyl (C=O) groups is 1. The second kappa shape index (κ2) is 8.04. The Morgan fingerprint density at radius 3 is 2.96 bits per heavy atom. The smallest absolute Gasteiger partial charge is 0.273 e. The quantitative estimate of drug-likeness (QED) is 0.867. The molecule has 1 aliphatic rings. The van der Waals surface area contributed by atoms with E-state index in [2.05, 4.69) is 15.1 Å². The molecule has 0 bridgehead atoms. The summed E-state index contributed by atoms with van der Waals surface area (Å²) in [4.78, 5) is 23.4. The largest absolute Gasteiger partial charge is 0.339 e. The van der Waals surface area contributed by atoms with Crippen molar-refractivity contribution in [1.82, 2.24) is 20.0 Å². The molecular weight excluding hydrogens is 350 g/mol. The Morgan fingerprint density at radius 1 is 1.50 bits per heavy atom. The Hall–Kier alpha value is -1.51. The van der Waals surface area contributed by atoms with Gasteiger partial charge in [-0.1, -0.05) is 19.0 Å². The maximum atomic E-state index is 12.7. The second-order valence-corrected chi connectivity index (χ2v) is 6.91. The van der Waals surface area contributed by atoms with E-state index < -0.39 is 0 Å². The fourth-order valence-corrected chi connectivity index (χ4v) is 3.48. The van der Waals surface area contributed by atoms with Crippen LogP contribution in [0, 0.1) is 0 Å². The Bertz CT molecular complexity index is 687. The van der Waals surface area contributed by atoms with Crippen molar-refractivity contribution in [1.29, 1.82) is 0 Å². The molecule has 1 aliphatic heterocycles. The van der Waals surface area contributed by atoms with Gasteiger partial charge in [0.15, 0.2) is 5.82 Å². The predicted octanol–water partition coefficient (Wildman–Crippen LogP) is 2.55. The van der Waals surface area contributed by atoms with E-state index in [9.17, 15) is 4.79 Å². The van der Waals surface area contributed by atoms with Gasteiger partial charge in [-0.05, 0) is 19.4 Å². The fraction of sp³-hybridized carbons (Fsp3) is 0.600. The van der Waals surface area contributed by atoms with Crippen LogP contribution in [0.25, 0.3) is 0 Å². The van der Waals surface area contributed by atoms with E-state index in [1.807, 2.05) is 13.8 Å². The molecule has 1 fully saturated rings. The molecule has 24 heavy (non-hydrogen) atoms. The molecule has 3 heterocycles. The average Bonchev–Trinajstić information content (AvgIpc) is 3.26. The number of carbonyl (C=O) groups excluding carboxylic acids is 1. The van der Waals surface area contributed by atoms with Crippen molar-refractivity contribution < 1.29 is 9.32 Å². The van der Waals surface area contributed by atoms with E-state index >= 15 is 0 Å². The molecule has 2 aromatic rings. The predicted molar refractivity (Wildman–Crippen MR) is 93.5 cm³/mol. The van der Waals surface area contributed by atoms with Crippen LogP contribution >= 0.6 is 23.7 Å². The first-order valence-corrected chi connectivity index (χ1v) is 8.77. The van der Waals surface area contributed by atoms with Gasteiger partial charge in [-0.3, -0.25) is 4.79 Å². The Balaban J connectivity index is 0.00000208. The molecule has 2 N–H and O–H groups in total. The minimum Gasteiger partial charge on any atom is -0.339 e. The summed E-state index contributed by atoms with van der Waals surface area (Å²) in [5.41, 5.74) is 6.02. The number of hydrogen-bond acceptors (Lipinski definition) is 7. The molecule has 1 atom stereocenters. The molecule has 0 spiro atoms. The lowest BCUT2D eigenvalue weighted by Crippen LogP contribution is -2.31. The van der Waals surface area contributed by atoms with E-state index in [1.54, 1.807) is 10.3 Å². The first-order chi connectivity index (χ1) is 11.1. The SMILES string of the molecule is CC(C)c1nc(C2CCCN2C(=O)c2csc(CCN)n2)no1.Cl. The summed E-state index contributed by atoms with van der Waals surface area (Å²) in [5.74, 6) is 1.32. The minimum absolute atomic E-state index is 0. The minimum atomic E-state index is -0.126. The van der Waals surface area contributed by atoms with Crippen molar-refractivity contribution in [3.05, 3.63) is 27.8 Å². The molecule has 0 radical (unpaired) electrons. The van der Waals surface area contributed by atoms with Crippen molar-refractivity contribution >= 4 is 29.7 Å². The number of hydrogen-bond donors (Lipinski definition) is 1. The van der Waals surface area contributed by atoms with Crippen molar-refractivity contribution in [2.75, 3.05) is 13.1 Å². The zero-order valence-electron chi connectivity index (χ0n) is 13.8. The van der Waals surface area contributed by atoms with Crippen LogP contribution in [0.15, 0.2) is 9.90 Å². The summed E-state index contributed by atoms with van der Waals surface area (Å²) >= 11 is 1.48. The Morgan fingerprint density at radius 2 is 2.29 bits per heavy atom.